The zero-order valence-electron chi connectivity index (χ0n) is 17.4. The lowest BCUT2D eigenvalue weighted by Gasteiger charge is -2.03. The third-order valence-corrected chi connectivity index (χ3v) is 6.89. The topological polar surface area (TPSA) is 18.5 Å². The van der Waals surface area contributed by atoms with Crippen molar-refractivity contribution >= 4 is 45.9 Å². The molecule has 6 heteroatoms. The molecule has 0 fully saturated rings. The lowest BCUT2D eigenvalue weighted by Crippen LogP contribution is -1.92. The van der Waals surface area contributed by atoms with Crippen LogP contribution in [0.5, 0.6) is 5.06 Å². The Balaban J connectivity index is 0.000000176. The molecule has 2 aromatic heterocycles. The zero-order chi connectivity index (χ0) is 22.1. The summed E-state index contributed by atoms with van der Waals surface area (Å²) in [6, 6.07) is 20.1. The summed E-state index contributed by atoms with van der Waals surface area (Å²) in [7, 11) is 3.43. The van der Waals surface area contributed by atoms with Gasteiger partial charge in [-0.1, -0.05) is 47.5 Å². The van der Waals surface area contributed by atoms with Gasteiger partial charge >= 0.3 is 0 Å². The third-order valence-electron chi connectivity index (χ3n) is 4.57. The van der Waals surface area contributed by atoms with Crippen molar-refractivity contribution in [3.8, 4) is 5.06 Å². The Morgan fingerprint density at radius 2 is 1.32 bits per heavy atom. The van der Waals surface area contributed by atoms with E-state index in [4.69, 9.17) is 32.7 Å². The van der Waals surface area contributed by atoms with E-state index in [0.717, 1.165) is 28.0 Å². The molecule has 2 aromatic carbocycles. The van der Waals surface area contributed by atoms with Crippen LogP contribution in [-0.4, -0.2) is 14.2 Å². The summed E-state index contributed by atoms with van der Waals surface area (Å²) in [6.07, 6.45) is 1.79. The predicted octanol–water partition coefficient (Wildman–Crippen LogP) is 8.14. The Labute approximate surface area is 202 Å². The molecule has 0 aliphatic rings. The Kier molecular flexibility index (Phi) is 9.44. The van der Waals surface area contributed by atoms with Crippen molar-refractivity contribution in [3.63, 3.8) is 0 Å². The standard InChI is InChI=1S/C13H13ClOS.C12H11ClOS/c1-15-9-13-11(5-6-16-13)7-10-3-2-4-12(14)8-10;1-14-12-10(5-6-15-12)7-9-3-2-4-11(13)8-9/h2-6,8H,7,9H2,1H3;2-6,8H,7H2,1H3. The Bertz CT molecular complexity index is 1090. The molecule has 31 heavy (non-hydrogen) atoms. The molecule has 0 saturated carbocycles. The monoisotopic (exact) mass is 490 g/mol. The van der Waals surface area contributed by atoms with Gasteiger partial charge in [0, 0.05) is 34.0 Å². The van der Waals surface area contributed by atoms with Gasteiger partial charge in [0.25, 0.3) is 0 Å². The normalized spacial score (nSPS) is 10.5. The first-order valence-corrected chi connectivity index (χ1v) is 12.2. The van der Waals surface area contributed by atoms with Crippen LogP contribution in [0.15, 0.2) is 71.4 Å². The molecule has 4 rings (SSSR count). The van der Waals surface area contributed by atoms with Gasteiger partial charge in [-0.25, -0.2) is 0 Å². The fourth-order valence-corrected chi connectivity index (χ4v) is 5.19. The number of benzene rings is 2. The second kappa shape index (κ2) is 12.3. The molecule has 0 spiro atoms. The lowest BCUT2D eigenvalue weighted by molar-refractivity contribution is 0.187. The van der Waals surface area contributed by atoms with Crippen molar-refractivity contribution in [2.75, 3.05) is 14.2 Å². The summed E-state index contributed by atoms with van der Waals surface area (Å²) in [5, 5.41) is 6.70. The first kappa shape index (κ1) is 23.8. The molecule has 0 saturated heterocycles. The van der Waals surface area contributed by atoms with Crippen molar-refractivity contribution in [1.82, 2.24) is 0 Å². The summed E-state index contributed by atoms with van der Waals surface area (Å²) >= 11 is 15.3. The van der Waals surface area contributed by atoms with Crippen LogP contribution >= 0.6 is 45.9 Å². The minimum Gasteiger partial charge on any atom is -0.487 e. The zero-order valence-corrected chi connectivity index (χ0v) is 20.6. The SMILES string of the molecule is COCc1sccc1Cc1cccc(Cl)c1.COc1sccc1Cc1cccc(Cl)c1. The van der Waals surface area contributed by atoms with Crippen molar-refractivity contribution in [2.24, 2.45) is 0 Å². The number of hydrogen-bond donors (Lipinski definition) is 0. The second-order valence-corrected chi connectivity index (χ2v) is 9.61. The molecular weight excluding hydrogens is 467 g/mol. The molecule has 0 aliphatic heterocycles. The van der Waals surface area contributed by atoms with Crippen LogP contribution < -0.4 is 4.74 Å². The van der Waals surface area contributed by atoms with Crippen molar-refractivity contribution in [1.29, 1.82) is 0 Å². The molecule has 0 bridgehead atoms. The van der Waals surface area contributed by atoms with Crippen molar-refractivity contribution in [2.45, 2.75) is 19.4 Å². The van der Waals surface area contributed by atoms with Crippen molar-refractivity contribution < 1.29 is 9.47 Å². The Hall–Kier alpha value is -1.82. The number of thiophene rings is 2. The first-order valence-electron chi connectivity index (χ1n) is 9.72. The summed E-state index contributed by atoms with van der Waals surface area (Å²) in [5.74, 6) is 0. The number of halogens is 2. The summed E-state index contributed by atoms with van der Waals surface area (Å²) in [5.41, 5.74) is 4.99. The van der Waals surface area contributed by atoms with E-state index in [1.54, 1.807) is 36.9 Å². The molecule has 0 atom stereocenters. The first-order chi connectivity index (χ1) is 15.1. The smallest absolute Gasteiger partial charge is 0.176 e. The average molecular weight is 492 g/mol. The Morgan fingerprint density at radius 3 is 1.90 bits per heavy atom. The lowest BCUT2D eigenvalue weighted by atomic mass is 10.1. The van der Waals surface area contributed by atoms with Crippen LogP contribution in [-0.2, 0) is 24.2 Å². The van der Waals surface area contributed by atoms with Gasteiger partial charge in [-0.2, -0.15) is 0 Å². The molecule has 4 aromatic rings. The van der Waals surface area contributed by atoms with Gasteiger partial charge < -0.3 is 9.47 Å². The fraction of sp³-hybridized carbons (Fsp3) is 0.200. The molecule has 2 heterocycles. The van der Waals surface area contributed by atoms with Gasteiger partial charge in [-0.15, -0.1) is 22.7 Å². The highest BCUT2D eigenvalue weighted by molar-refractivity contribution is 7.12. The molecule has 0 N–H and O–H groups in total. The molecule has 2 nitrogen and oxygen atoms in total. The highest BCUT2D eigenvalue weighted by atomic mass is 35.5. The molecule has 0 amide bonds. The van der Waals surface area contributed by atoms with Gasteiger partial charge in [0.15, 0.2) is 5.06 Å². The maximum Gasteiger partial charge on any atom is 0.176 e. The van der Waals surface area contributed by atoms with Crippen LogP contribution in [0.4, 0.5) is 0 Å². The molecule has 162 valence electrons. The van der Waals surface area contributed by atoms with E-state index in [2.05, 4.69) is 29.6 Å². The average Bonchev–Trinajstić information content (AvgIpc) is 3.38. The molecule has 0 unspecified atom stereocenters. The van der Waals surface area contributed by atoms with E-state index < -0.39 is 0 Å². The predicted molar refractivity (Wildman–Crippen MR) is 134 cm³/mol. The second-order valence-electron chi connectivity index (χ2n) is 6.85. The number of rotatable bonds is 7. The minimum atomic E-state index is 0.688. The third kappa shape index (κ3) is 7.37. The largest absolute Gasteiger partial charge is 0.487 e. The van der Waals surface area contributed by atoms with E-state index in [1.807, 2.05) is 41.8 Å². The highest BCUT2D eigenvalue weighted by Crippen LogP contribution is 2.28. The summed E-state index contributed by atoms with van der Waals surface area (Å²) in [4.78, 5) is 1.29. The van der Waals surface area contributed by atoms with Crippen LogP contribution in [0.25, 0.3) is 0 Å². The van der Waals surface area contributed by atoms with E-state index in [1.165, 1.54) is 27.1 Å². The van der Waals surface area contributed by atoms with Crippen LogP contribution in [0.1, 0.15) is 27.1 Å². The highest BCUT2D eigenvalue weighted by Gasteiger charge is 2.06. The number of hydrogen-bond acceptors (Lipinski definition) is 4. The minimum absolute atomic E-state index is 0.688. The molecular formula is C25H24Cl2O2S2. The van der Waals surface area contributed by atoms with Crippen LogP contribution in [0, 0.1) is 0 Å². The summed E-state index contributed by atoms with van der Waals surface area (Å²) in [6.45, 7) is 0.688. The maximum atomic E-state index is 5.96. The van der Waals surface area contributed by atoms with Gasteiger partial charge in [-0.05, 0) is 70.3 Å². The molecule has 0 radical (unpaired) electrons. The van der Waals surface area contributed by atoms with Gasteiger partial charge in [0.1, 0.15) is 0 Å². The maximum absolute atomic E-state index is 5.96. The molecule has 0 aliphatic carbocycles. The number of ether oxygens (including phenoxy) is 2. The van der Waals surface area contributed by atoms with Crippen LogP contribution in [0.3, 0.4) is 0 Å². The van der Waals surface area contributed by atoms with Gasteiger partial charge in [-0.3, -0.25) is 0 Å². The quantitative estimate of drug-likeness (QED) is 0.260. The number of methoxy groups -OCH3 is 2. The van der Waals surface area contributed by atoms with Gasteiger partial charge in [0.05, 0.1) is 13.7 Å². The van der Waals surface area contributed by atoms with Crippen molar-refractivity contribution in [3.05, 3.63) is 109 Å². The van der Waals surface area contributed by atoms with E-state index in [9.17, 15) is 0 Å². The van der Waals surface area contributed by atoms with Gasteiger partial charge in [0.2, 0.25) is 0 Å². The Morgan fingerprint density at radius 1 is 0.742 bits per heavy atom. The van der Waals surface area contributed by atoms with E-state index >= 15 is 0 Å². The summed E-state index contributed by atoms with van der Waals surface area (Å²) < 4.78 is 10.4. The van der Waals surface area contributed by atoms with E-state index in [-0.39, 0.29) is 0 Å². The van der Waals surface area contributed by atoms with Crippen LogP contribution in [0.2, 0.25) is 10.0 Å². The fourth-order valence-electron chi connectivity index (χ4n) is 3.15. The van der Waals surface area contributed by atoms with E-state index in [0.29, 0.717) is 6.61 Å².